The molecular weight excluding hydrogens is 339 g/mol. The minimum atomic E-state index is -0.320. The number of nitrogens with one attached hydrogen (secondary N) is 1. The van der Waals surface area contributed by atoms with Gasteiger partial charge < -0.3 is 0 Å². The number of hydrogen-bond acceptors (Lipinski definition) is 2. The number of hydrogen-bond donors (Lipinski definition) is 1. The van der Waals surface area contributed by atoms with Gasteiger partial charge >= 0.3 is 0 Å². The fourth-order valence-corrected chi connectivity index (χ4v) is 3.04. The van der Waals surface area contributed by atoms with Crippen LogP contribution in [0.4, 0.5) is 4.39 Å². The zero-order chi connectivity index (χ0) is 17.4. The summed E-state index contributed by atoms with van der Waals surface area (Å²) in [6.07, 6.45) is 0. The van der Waals surface area contributed by atoms with Gasteiger partial charge in [0.05, 0.1) is 11.1 Å². The average Bonchev–Trinajstić information content (AvgIpc) is 2.63. The second kappa shape index (κ2) is 6.15. The molecule has 0 amide bonds. The Bertz CT molecular complexity index is 1120. The van der Waals surface area contributed by atoms with E-state index in [0.717, 1.165) is 16.7 Å². The van der Waals surface area contributed by atoms with Crippen molar-refractivity contribution in [3.63, 3.8) is 0 Å². The fraction of sp³-hybridized carbons (Fsp3) is 0. The summed E-state index contributed by atoms with van der Waals surface area (Å²) >= 11 is 5.96. The van der Waals surface area contributed by atoms with E-state index < -0.39 is 0 Å². The summed E-state index contributed by atoms with van der Waals surface area (Å²) in [4.78, 5) is 12.5. The van der Waals surface area contributed by atoms with Gasteiger partial charge in [-0.15, -0.1) is 0 Å². The first-order valence-corrected chi connectivity index (χ1v) is 8.04. The van der Waals surface area contributed by atoms with Crippen LogP contribution in [0.5, 0.6) is 0 Å². The zero-order valence-corrected chi connectivity index (χ0v) is 13.7. The summed E-state index contributed by atoms with van der Waals surface area (Å²) in [7, 11) is 0. The second-order valence-corrected chi connectivity index (χ2v) is 6.08. The molecule has 122 valence electrons. The molecule has 1 aromatic heterocycles. The van der Waals surface area contributed by atoms with Gasteiger partial charge in [-0.25, -0.2) is 9.49 Å². The highest BCUT2D eigenvalue weighted by atomic mass is 35.5. The number of halogens is 2. The smallest absolute Gasteiger partial charge is 0.267 e. The van der Waals surface area contributed by atoms with Crippen molar-refractivity contribution in [2.45, 2.75) is 0 Å². The summed E-state index contributed by atoms with van der Waals surface area (Å²) in [6.45, 7) is 0. The first kappa shape index (κ1) is 15.5. The molecule has 0 radical (unpaired) electrons. The Balaban J connectivity index is 2.01. The average molecular weight is 351 g/mol. The largest absolute Gasteiger partial charge is 0.272 e. The minimum Gasteiger partial charge on any atom is -0.267 e. The van der Waals surface area contributed by atoms with E-state index in [1.165, 1.54) is 12.1 Å². The van der Waals surface area contributed by atoms with Crippen LogP contribution >= 0.6 is 11.6 Å². The van der Waals surface area contributed by atoms with Crippen LogP contribution in [0.3, 0.4) is 0 Å². The molecule has 0 aliphatic carbocycles. The van der Waals surface area contributed by atoms with Gasteiger partial charge in [0.25, 0.3) is 5.56 Å². The van der Waals surface area contributed by atoms with E-state index >= 15 is 0 Å². The van der Waals surface area contributed by atoms with E-state index in [4.69, 9.17) is 11.6 Å². The molecule has 0 aliphatic heterocycles. The normalized spacial score (nSPS) is 11.0. The van der Waals surface area contributed by atoms with E-state index in [1.807, 2.05) is 30.3 Å². The van der Waals surface area contributed by atoms with Gasteiger partial charge in [0.15, 0.2) is 0 Å². The van der Waals surface area contributed by atoms with Crippen molar-refractivity contribution >= 4 is 22.4 Å². The van der Waals surface area contributed by atoms with E-state index in [2.05, 4.69) is 10.2 Å². The number of H-pyrrole nitrogens is 1. The van der Waals surface area contributed by atoms with E-state index in [-0.39, 0.29) is 11.4 Å². The van der Waals surface area contributed by atoms with Crippen LogP contribution in [0.15, 0.2) is 71.5 Å². The van der Waals surface area contributed by atoms with Gasteiger partial charge in [0.2, 0.25) is 0 Å². The molecule has 1 heterocycles. The van der Waals surface area contributed by atoms with Gasteiger partial charge in [-0.2, -0.15) is 5.10 Å². The zero-order valence-electron chi connectivity index (χ0n) is 13.0. The van der Waals surface area contributed by atoms with Crippen LogP contribution in [0.1, 0.15) is 0 Å². The number of rotatable bonds is 2. The number of aromatic amines is 1. The highest BCUT2D eigenvalue weighted by Gasteiger charge is 2.13. The Kier molecular flexibility index (Phi) is 3.82. The highest BCUT2D eigenvalue weighted by molar-refractivity contribution is 6.30. The molecule has 4 aromatic rings. The third kappa shape index (κ3) is 2.81. The van der Waals surface area contributed by atoms with Crippen LogP contribution in [-0.4, -0.2) is 10.2 Å². The van der Waals surface area contributed by atoms with Crippen LogP contribution in [0.2, 0.25) is 5.02 Å². The van der Waals surface area contributed by atoms with Crippen molar-refractivity contribution in [2.24, 2.45) is 0 Å². The van der Waals surface area contributed by atoms with Crippen molar-refractivity contribution in [3.05, 3.63) is 87.9 Å². The summed E-state index contributed by atoms with van der Waals surface area (Å²) in [5.41, 5.74) is 2.74. The summed E-state index contributed by atoms with van der Waals surface area (Å²) in [5, 5.41) is 8.61. The summed E-state index contributed by atoms with van der Waals surface area (Å²) in [5.74, 6) is -0.320. The van der Waals surface area contributed by atoms with Crippen LogP contribution < -0.4 is 5.56 Å². The fourth-order valence-electron chi connectivity index (χ4n) is 2.91. The molecule has 1 N–H and O–H groups in total. The lowest BCUT2D eigenvalue weighted by Gasteiger charge is -2.09. The Morgan fingerprint density at radius 2 is 1.56 bits per heavy atom. The minimum absolute atomic E-state index is 0.272. The maximum Gasteiger partial charge on any atom is 0.272 e. The highest BCUT2D eigenvalue weighted by Crippen LogP contribution is 2.31. The molecule has 0 fully saturated rings. The molecule has 0 aliphatic rings. The molecule has 0 unspecified atom stereocenters. The van der Waals surface area contributed by atoms with Crippen molar-refractivity contribution < 1.29 is 4.39 Å². The third-order valence-corrected chi connectivity index (χ3v) is 4.34. The SMILES string of the molecule is O=c1[nH]nc(-c2ccc(F)cc2)c2cccc(-c3ccc(Cl)cc3)c12. The lowest BCUT2D eigenvalue weighted by Crippen LogP contribution is -2.10. The molecule has 5 heteroatoms. The number of fused-ring (bicyclic) bond motifs is 1. The van der Waals surface area contributed by atoms with E-state index in [1.54, 1.807) is 24.3 Å². The lowest BCUT2D eigenvalue weighted by molar-refractivity contribution is 0.628. The van der Waals surface area contributed by atoms with E-state index in [0.29, 0.717) is 21.5 Å². The quantitative estimate of drug-likeness (QED) is 0.550. The predicted octanol–water partition coefficient (Wildman–Crippen LogP) is 5.05. The van der Waals surface area contributed by atoms with Crippen molar-refractivity contribution in [1.82, 2.24) is 10.2 Å². The van der Waals surface area contributed by atoms with Crippen LogP contribution in [0.25, 0.3) is 33.2 Å². The number of benzene rings is 3. The summed E-state index contributed by atoms with van der Waals surface area (Å²) in [6, 6.07) is 18.9. The Morgan fingerprint density at radius 3 is 2.28 bits per heavy atom. The maximum atomic E-state index is 13.2. The molecule has 0 bridgehead atoms. The monoisotopic (exact) mass is 350 g/mol. The first-order chi connectivity index (χ1) is 12.1. The molecule has 25 heavy (non-hydrogen) atoms. The Morgan fingerprint density at radius 1 is 0.880 bits per heavy atom. The van der Waals surface area contributed by atoms with Crippen molar-refractivity contribution in [2.75, 3.05) is 0 Å². The van der Waals surface area contributed by atoms with Gasteiger partial charge in [-0.05, 0) is 47.5 Å². The van der Waals surface area contributed by atoms with E-state index in [9.17, 15) is 9.18 Å². The number of nitrogens with zero attached hydrogens (tertiary/aromatic N) is 1. The topological polar surface area (TPSA) is 45.8 Å². The Hall–Kier alpha value is -2.98. The predicted molar refractivity (Wildman–Crippen MR) is 98.2 cm³/mol. The van der Waals surface area contributed by atoms with Crippen LogP contribution in [0, 0.1) is 5.82 Å². The van der Waals surface area contributed by atoms with Gasteiger partial charge in [0, 0.05) is 16.0 Å². The molecule has 4 rings (SSSR count). The molecule has 0 saturated heterocycles. The van der Waals surface area contributed by atoms with Gasteiger partial charge in [-0.3, -0.25) is 4.79 Å². The Labute approximate surface area is 147 Å². The van der Waals surface area contributed by atoms with Gasteiger partial charge in [0.1, 0.15) is 5.82 Å². The standard InChI is InChI=1S/C20H12ClFN2O/c21-14-8-4-12(5-9-14)16-2-1-3-17-18(16)20(25)24-23-19(17)13-6-10-15(22)11-7-13/h1-11H,(H,24,25). The molecule has 0 spiro atoms. The van der Waals surface area contributed by atoms with Crippen molar-refractivity contribution in [1.29, 1.82) is 0 Å². The lowest BCUT2D eigenvalue weighted by atomic mass is 9.97. The molecule has 3 aromatic carbocycles. The molecular formula is C20H12ClFN2O. The second-order valence-electron chi connectivity index (χ2n) is 5.64. The first-order valence-electron chi connectivity index (χ1n) is 7.67. The maximum absolute atomic E-state index is 13.2. The van der Waals surface area contributed by atoms with Crippen molar-refractivity contribution in [3.8, 4) is 22.4 Å². The van der Waals surface area contributed by atoms with Crippen LogP contribution in [-0.2, 0) is 0 Å². The number of aromatic nitrogens is 2. The summed E-state index contributed by atoms with van der Waals surface area (Å²) < 4.78 is 13.2. The van der Waals surface area contributed by atoms with Gasteiger partial charge in [-0.1, -0.05) is 41.9 Å². The molecule has 0 atom stereocenters. The molecule has 0 saturated carbocycles. The molecule has 3 nitrogen and oxygen atoms in total. The third-order valence-electron chi connectivity index (χ3n) is 4.09.